The molecule has 1 aliphatic rings. The summed E-state index contributed by atoms with van der Waals surface area (Å²) in [6, 6.07) is 32.1. The maximum absolute atomic E-state index is 10.6. The summed E-state index contributed by atoms with van der Waals surface area (Å²) in [6.07, 6.45) is 6.21. The summed E-state index contributed by atoms with van der Waals surface area (Å²) >= 11 is 0. The Morgan fingerprint density at radius 1 is 0.743 bits per heavy atom. The number of rotatable bonds is 12. The molecule has 1 unspecified atom stereocenters. The number of hydrazine groups is 1. The maximum Gasteiger partial charge on any atom is 0.0869 e. The zero-order valence-electron chi connectivity index (χ0n) is 20.6. The Bertz CT molecular complexity index is 1110. The summed E-state index contributed by atoms with van der Waals surface area (Å²) in [7, 11) is 0. The molecule has 4 nitrogen and oxygen atoms in total. The van der Waals surface area contributed by atoms with E-state index in [4.69, 9.17) is 0 Å². The highest BCUT2D eigenvalue weighted by Crippen LogP contribution is 2.47. The monoisotopic (exact) mass is 467 g/mol. The molecule has 1 atom stereocenters. The highest BCUT2D eigenvalue weighted by atomic mass is 16.4. The average Bonchev–Trinajstić information content (AvgIpc) is 3.20. The van der Waals surface area contributed by atoms with Crippen LogP contribution in [0.25, 0.3) is 11.3 Å². The first-order valence-corrected chi connectivity index (χ1v) is 12.8. The highest BCUT2D eigenvalue weighted by molar-refractivity contribution is 5.96. The van der Waals surface area contributed by atoms with Crippen molar-refractivity contribution in [2.24, 2.45) is 0 Å². The predicted octanol–water partition coefficient (Wildman–Crippen LogP) is 5.77. The van der Waals surface area contributed by atoms with Crippen LogP contribution in [0.1, 0.15) is 68.6 Å². The van der Waals surface area contributed by atoms with Gasteiger partial charge in [0.15, 0.2) is 0 Å². The van der Waals surface area contributed by atoms with Gasteiger partial charge in [0.25, 0.3) is 0 Å². The number of carbonyl (C=O) groups is 1. The van der Waals surface area contributed by atoms with Crippen LogP contribution in [0.15, 0.2) is 91.0 Å². The topological polar surface area (TPSA) is 55.4 Å². The van der Waals surface area contributed by atoms with E-state index < -0.39 is 5.97 Å². The number of carboxylic acids is 1. The van der Waals surface area contributed by atoms with Crippen molar-refractivity contribution in [1.29, 1.82) is 0 Å². The van der Waals surface area contributed by atoms with Gasteiger partial charge in [0.1, 0.15) is 0 Å². The summed E-state index contributed by atoms with van der Waals surface area (Å²) < 4.78 is 0. The second-order valence-corrected chi connectivity index (χ2v) is 9.45. The maximum atomic E-state index is 10.6. The minimum Gasteiger partial charge on any atom is -0.550 e. The van der Waals surface area contributed by atoms with E-state index in [1.54, 1.807) is 0 Å². The summed E-state index contributed by atoms with van der Waals surface area (Å²) in [5.41, 5.74) is 9.72. The summed E-state index contributed by atoms with van der Waals surface area (Å²) in [5.74, 6) is -0.943. The SMILES string of the molecule is CC1(c2ccccc2)NN(CCCCCCCCC(=O)[O-])C(c2ccccc2)=C1c1ccccc1. The van der Waals surface area contributed by atoms with Crippen molar-refractivity contribution >= 4 is 17.2 Å². The van der Waals surface area contributed by atoms with E-state index in [1.807, 2.05) is 0 Å². The standard InChI is InChI=1S/C31H36N2O2/c1-31(27-21-13-8-14-22-27)29(25-17-9-6-10-18-25)30(26-19-11-7-12-20-26)33(32-31)24-16-5-3-2-4-15-23-28(34)35/h6-14,17-22,32H,2-5,15-16,23-24H2,1H3,(H,34,35)/p-1. The minimum atomic E-state index is -0.943. The first-order valence-electron chi connectivity index (χ1n) is 12.8. The zero-order chi connectivity index (χ0) is 24.5. The van der Waals surface area contributed by atoms with E-state index >= 15 is 0 Å². The van der Waals surface area contributed by atoms with Gasteiger partial charge in [0.05, 0.1) is 11.2 Å². The Hall–Kier alpha value is -3.37. The molecule has 1 aliphatic heterocycles. The number of unbranched alkanes of at least 4 members (excludes halogenated alkanes) is 5. The third kappa shape index (κ3) is 6.01. The average molecular weight is 468 g/mol. The van der Waals surface area contributed by atoms with Crippen LogP contribution >= 0.6 is 0 Å². The fourth-order valence-corrected chi connectivity index (χ4v) is 5.07. The fraction of sp³-hybridized carbons (Fsp3) is 0.323. The van der Waals surface area contributed by atoms with Crippen molar-refractivity contribution in [3.63, 3.8) is 0 Å². The van der Waals surface area contributed by atoms with Crippen molar-refractivity contribution in [3.8, 4) is 0 Å². The molecule has 35 heavy (non-hydrogen) atoms. The van der Waals surface area contributed by atoms with Crippen LogP contribution in [0.3, 0.4) is 0 Å². The van der Waals surface area contributed by atoms with Gasteiger partial charge in [-0.1, -0.05) is 117 Å². The number of nitrogens with zero attached hydrogens (tertiary/aromatic N) is 1. The molecule has 0 radical (unpaired) electrons. The number of carboxylic acid groups (broad SMARTS) is 1. The second-order valence-electron chi connectivity index (χ2n) is 9.45. The van der Waals surface area contributed by atoms with Crippen LogP contribution in [0.4, 0.5) is 0 Å². The number of hydrogen-bond donors (Lipinski definition) is 1. The van der Waals surface area contributed by atoms with E-state index in [-0.39, 0.29) is 12.0 Å². The van der Waals surface area contributed by atoms with E-state index in [9.17, 15) is 9.90 Å². The Kier molecular flexibility index (Phi) is 8.38. The number of benzene rings is 3. The van der Waals surface area contributed by atoms with E-state index in [1.165, 1.54) is 28.0 Å². The van der Waals surface area contributed by atoms with Crippen molar-refractivity contribution in [2.75, 3.05) is 6.54 Å². The van der Waals surface area contributed by atoms with E-state index in [0.29, 0.717) is 6.42 Å². The van der Waals surface area contributed by atoms with Crippen LogP contribution in [-0.4, -0.2) is 17.5 Å². The largest absolute Gasteiger partial charge is 0.550 e. The van der Waals surface area contributed by atoms with Gasteiger partial charge >= 0.3 is 0 Å². The number of nitrogens with one attached hydrogen (secondary N) is 1. The van der Waals surface area contributed by atoms with Crippen LogP contribution in [0, 0.1) is 0 Å². The smallest absolute Gasteiger partial charge is 0.0869 e. The molecular weight excluding hydrogens is 432 g/mol. The quantitative estimate of drug-likeness (QED) is 0.344. The van der Waals surface area contributed by atoms with Gasteiger partial charge in [0.2, 0.25) is 0 Å². The number of hydrogen-bond acceptors (Lipinski definition) is 4. The highest BCUT2D eigenvalue weighted by Gasteiger charge is 2.43. The van der Waals surface area contributed by atoms with Crippen LogP contribution in [-0.2, 0) is 10.3 Å². The molecule has 182 valence electrons. The van der Waals surface area contributed by atoms with Gasteiger partial charge in [-0.15, -0.1) is 0 Å². The first kappa shape index (κ1) is 24.7. The molecule has 0 fully saturated rings. The van der Waals surface area contributed by atoms with Crippen LogP contribution in [0.2, 0.25) is 0 Å². The Morgan fingerprint density at radius 2 is 1.26 bits per heavy atom. The van der Waals surface area contributed by atoms with E-state index in [0.717, 1.165) is 38.6 Å². The molecule has 0 aromatic heterocycles. The van der Waals surface area contributed by atoms with Crippen molar-refractivity contribution in [2.45, 2.75) is 57.4 Å². The summed E-state index contributed by atoms with van der Waals surface area (Å²) in [5, 5.41) is 12.9. The van der Waals surface area contributed by atoms with Gasteiger partial charge < -0.3 is 14.9 Å². The lowest BCUT2D eigenvalue weighted by Gasteiger charge is -2.31. The number of aliphatic carboxylic acids is 1. The van der Waals surface area contributed by atoms with Gasteiger partial charge in [-0.2, -0.15) is 0 Å². The van der Waals surface area contributed by atoms with Crippen molar-refractivity contribution in [3.05, 3.63) is 108 Å². The molecular formula is C31H35N2O2-. The van der Waals surface area contributed by atoms with Crippen LogP contribution in [0.5, 0.6) is 0 Å². The molecule has 3 aromatic rings. The lowest BCUT2D eigenvalue weighted by Crippen LogP contribution is -2.44. The molecule has 0 spiro atoms. The lowest BCUT2D eigenvalue weighted by atomic mass is 9.80. The Morgan fingerprint density at radius 3 is 1.86 bits per heavy atom. The van der Waals surface area contributed by atoms with Gasteiger partial charge in [-0.25, -0.2) is 5.43 Å². The molecule has 0 bridgehead atoms. The third-order valence-electron chi connectivity index (χ3n) is 6.84. The molecule has 0 aliphatic carbocycles. The molecule has 4 heteroatoms. The van der Waals surface area contributed by atoms with Gasteiger partial charge in [0, 0.05) is 18.1 Å². The third-order valence-corrected chi connectivity index (χ3v) is 6.84. The van der Waals surface area contributed by atoms with Gasteiger partial charge in [-0.05, 0) is 42.9 Å². The molecule has 0 saturated heterocycles. The summed E-state index contributed by atoms with van der Waals surface area (Å²) in [4.78, 5) is 10.6. The second kappa shape index (κ2) is 11.9. The normalized spacial score (nSPS) is 17.7. The predicted molar refractivity (Wildman–Crippen MR) is 141 cm³/mol. The Balaban J connectivity index is 1.59. The molecule has 3 aromatic carbocycles. The molecule has 1 N–H and O–H groups in total. The summed E-state index contributed by atoms with van der Waals surface area (Å²) in [6.45, 7) is 3.19. The van der Waals surface area contributed by atoms with E-state index in [2.05, 4.69) is 108 Å². The first-order chi connectivity index (χ1) is 17.1. The fourth-order valence-electron chi connectivity index (χ4n) is 5.07. The van der Waals surface area contributed by atoms with Crippen molar-refractivity contribution in [1.82, 2.24) is 10.4 Å². The van der Waals surface area contributed by atoms with Crippen LogP contribution < -0.4 is 10.5 Å². The molecule has 4 rings (SSSR count). The zero-order valence-corrected chi connectivity index (χ0v) is 20.6. The molecule has 1 heterocycles. The van der Waals surface area contributed by atoms with Crippen molar-refractivity contribution < 1.29 is 9.90 Å². The van der Waals surface area contributed by atoms with Gasteiger partial charge in [-0.3, -0.25) is 0 Å². The lowest BCUT2D eigenvalue weighted by molar-refractivity contribution is -0.305. The Labute approximate surface area is 209 Å². The number of carbonyl (C=O) groups excluding carboxylic acids is 1. The molecule has 0 saturated carbocycles. The molecule has 0 amide bonds. The minimum absolute atomic E-state index is 0.170.